The van der Waals surface area contributed by atoms with E-state index in [-0.39, 0.29) is 6.04 Å². The maximum absolute atomic E-state index is 5.92. The largest absolute Gasteiger partial charge is 0.328 e. The molecule has 0 aliphatic rings. The molecular formula is C12H19ClN2. The summed E-state index contributed by atoms with van der Waals surface area (Å²) in [6, 6.07) is 8.24. The van der Waals surface area contributed by atoms with Gasteiger partial charge in [0.15, 0.2) is 0 Å². The van der Waals surface area contributed by atoms with Gasteiger partial charge in [-0.05, 0) is 44.6 Å². The summed E-state index contributed by atoms with van der Waals surface area (Å²) in [4.78, 5) is 2.26. The summed E-state index contributed by atoms with van der Waals surface area (Å²) in [5.41, 5.74) is 6.96. The lowest BCUT2D eigenvalue weighted by Crippen LogP contribution is -2.25. The van der Waals surface area contributed by atoms with Gasteiger partial charge in [-0.1, -0.05) is 23.7 Å². The average Bonchev–Trinajstić information content (AvgIpc) is 2.15. The summed E-state index contributed by atoms with van der Waals surface area (Å²) in [7, 11) is 2.10. The molecule has 2 N–H and O–H groups in total. The van der Waals surface area contributed by atoms with Gasteiger partial charge in [0.05, 0.1) is 0 Å². The van der Waals surface area contributed by atoms with Crippen LogP contribution in [-0.4, -0.2) is 24.5 Å². The first-order chi connectivity index (χ1) is 7.08. The second-order valence-corrected chi connectivity index (χ2v) is 4.57. The molecule has 0 saturated carbocycles. The van der Waals surface area contributed by atoms with Crippen LogP contribution in [0.25, 0.3) is 0 Å². The first-order valence-electron chi connectivity index (χ1n) is 5.26. The molecule has 0 heterocycles. The van der Waals surface area contributed by atoms with E-state index in [0.717, 1.165) is 24.5 Å². The molecule has 0 spiro atoms. The van der Waals surface area contributed by atoms with E-state index < -0.39 is 0 Å². The smallest absolute Gasteiger partial charge is 0.0409 e. The molecule has 0 aliphatic heterocycles. The van der Waals surface area contributed by atoms with E-state index in [9.17, 15) is 0 Å². The molecule has 3 heteroatoms. The Bertz CT molecular complexity index is 299. The van der Waals surface area contributed by atoms with E-state index in [1.54, 1.807) is 0 Å². The Hall–Kier alpha value is -0.570. The Morgan fingerprint density at radius 1 is 1.47 bits per heavy atom. The van der Waals surface area contributed by atoms with Gasteiger partial charge in [0.25, 0.3) is 0 Å². The molecule has 0 saturated heterocycles. The fraction of sp³-hybridized carbons (Fsp3) is 0.500. The summed E-state index contributed by atoms with van der Waals surface area (Å²) in [5.74, 6) is 0. The van der Waals surface area contributed by atoms with Gasteiger partial charge in [-0.15, -0.1) is 0 Å². The molecule has 1 unspecified atom stereocenters. The maximum Gasteiger partial charge on any atom is 0.0409 e. The highest BCUT2D eigenvalue weighted by atomic mass is 35.5. The first kappa shape index (κ1) is 12.5. The number of nitrogens with zero attached hydrogens (tertiary/aromatic N) is 1. The second-order valence-electron chi connectivity index (χ2n) is 4.13. The van der Waals surface area contributed by atoms with Crippen LogP contribution in [0.5, 0.6) is 0 Å². The molecule has 0 fully saturated rings. The van der Waals surface area contributed by atoms with Gasteiger partial charge in [0.1, 0.15) is 0 Å². The van der Waals surface area contributed by atoms with Crippen molar-refractivity contribution in [2.75, 3.05) is 13.6 Å². The van der Waals surface area contributed by atoms with Crippen molar-refractivity contribution in [1.82, 2.24) is 4.90 Å². The predicted octanol–water partition coefficient (Wildman–Crippen LogP) is 2.51. The number of hydrogen-bond donors (Lipinski definition) is 1. The van der Waals surface area contributed by atoms with Crippen molar-refractivity contribution in [3.05, 3.63) is 34.9 Å². The Labute approximate surface area is 97.0 Å². The van der Waals surface area contributed by atoms with Crippen LogP contribution >= 0.6 is 11.6 Å². The van der Waals surface area contributed by atoms with E-state index >= 15 is 0 Å². The third-order valence-corrected chi connectivity index (χ3v) is 2.54. The van der Waals surface area contributed by atoms with E-state index in [0.29, 0.717) is 0 Å². The van der Waals surface area contributed by atoms with Crippen molar-refractivity contribution >= 4 is 11.6 Å². The quantitative estimate of drug-likeness (QED) is 0.836. The van der Waals surface area contributed by atoms with Gasteiger partial charge in [0, 0.05) is 17.6 Å². The molecular weight excluding hydrogens is 208 g/mol. The van der Waals surface area contributed by atoms with Crippen LogP contribution in [-0.2, 0) is 6.54 Å². The standard InChI is InChI=1S/C12H19ClN2/c1-10(14)6-7-15(2)9-11-4-3-5-12(13)8-11/h3-5,8,10H,6-7,9,14H2,1-2H3. The summed E-state index contributed by atoms with van der Waals surface area (Å²) in [5, 5.41) is 0.799. The zero-order valence-corrected chi connectivity index (χ0v) is 10.2. The van der Waals surface area contributed by atoms with Gasteiger partial charge in [-0.3, -0.25) is 0 Å². The van der Waals surface area contributed by atoms with Crippen molar-refractivity contribution in [3.8, 4) is 0 Å². The van der Waals surface area contributed by atoms with Crippen LogP contribution in [0.2, 0.25) is 5.02 Å². The fourth-order valence-corrected chi connectivity index (χ4v) is 1.66. The molecule has 1 aromatic carbocycles. The molecule has 15 heavy (non-hydrogen) atoms. The average molecular weight is 227 g/mol. The first-order valence-corrected chi connectivity index (χ1v) is 5.64. The van der Waals surface area contributed by atoms with E-state index in [1.165, 1.54) is 5.56 Å². The molecule has 2 nitrogen and oxygen atoms in total. The summed E-state index contributed by atoms with van der Waals surface area (Å²) >= 11 is 5.92. The summed E-state index contributed by atoms with van der Waals surface area (Å²) < 4.78 is 0. The molecule has 1 rings (SSSR count). The molecule has 84 valence electrons. The number of rotatable bonds is 5. The van der Waals surface area contributed by atoms with Gasteiger partial charge in [0.2, 0.25) is 0 Å². The minimum atomic E-state index is 0.270. The second kappa shape index (κ2) is 6.11. The molecule has 0 aliphatic carbocycles. The molecule has 1 atom stereocenters. The van der Waals surface area contributed by atoms with Crippen molar-refractivity contribution in [2.24, 2.45) is 5.73 Å². The molecule has 0 aromatic heterocycles. The maximum atomic E-state index is 5.92. The summed E-state index contributed by atoms with van der Waals surface area (Å²) in [6.45, 7) is 3.98. The molecule has 0 bridgehead atoms. The van der Waals surface area contributed by atoms with Crippen molar-refractivity contribution in [1.29, 1.82) is 0 Å². The van der Waals surface area contributed by atoms with Crippen LogP contribution < -0.4 is 5.73 Å². The van der Waals surface area contributed by atoms with Gasteiger partial charge in [-0.2, -0.15) is 0 Å². The van der Waals surface area contributed by atoms with Crippen molar-refractivity contribution in [3.63, 3.8) is 0 Å². The topological polar surface area (TPSA) is 29.3 Å². The highest BCUT2D eigenvalue weighted by Crippen LogP contribution is 2.12. The number of halogens is 1. The SMILES string of the molecule is CC(N)CCN(C)Cc1cccc(Cl)c1. The third-order valence-electron chi connectivity index (χ3n) is 2.31. The molecule has 0 radical (unpaired) electrons. The van der Waals surface area contributed by atoms with Crippen LogP contribution in [0.1, 0.15) is 18.9 Å². The van der Waals surface area contributed by atoms with Crippen molar-refractivity contribution in [2.45, 2.75) is 25.9 Å². The Balaban J connectivity index is 2.40. The minimum Gasteiger partial charge on any atom is -0.328 e. The zero-order chi connectivity index (χ0) is 11.3. The molecule has 1 aromatic rings. The lowest BCUT2D eigenvalue weighted by Gasteiger charge is -2.17. The normalized spacial score (nSPS) is 13.1. The van der Waals surface area contributed by atoms with Crippen LogP contribution in [0.15, 0.2) is 24.3 Å². The summed E-state index contributed by atoms with van der Waals surface area (Å²) in [6.07, 6.45) is 1.02. The Morgan fingerprint density at radius 3 is 2.80 bits per heavy atom. The van der Waals surface area contributed by atoms with Gasteiger partial charge >= 0.3 is 0 Å². The number of benzene rings is 1. The van der Waals surface area contributed by atoms with Crippen molar-refractivity contribution < 1.29 is 0 Å². The Kier molecular flexibility index (Phi) is 5.09. The molecule has 0 amide bonds. The lowest BCUT2D eigenvalue weighted by atomic mass is 10.2. The monoisotopic (exact) mass is 226 g/mol. The van der Waals surface area contributed by atoms with E-state index in [4.69, 9.17) is 17.3 Å². The van der Waals surface area contributed by atoms with Crippen LogP contribution in [0, 0.1) is 0 Å². The van der Waals surface area contributed by atoms with E-state index in [1.807, 2.05) is 25.1 Å². The highest BCUT2D eigenvalue weighted by Gasteiger charge is 2.02. The highest BCUT2D eigenvalue weighted by molar-refractivity contribution is 6.30. The fourth-order valence-electron chi connectivity index (χ4n) is 1.45. The van der Waals surface area contributed by atoms with Crippen LogP contribution in [0.3, 0.4) is 0 Å². The van der Waals surface area contributed by atoms with Gasteiger partial charge < -0.3 is 10.6 Å². The number of nitrogens with two attached hydrogens (primary N) is 1. The lowest BCUT2D eigenvalue weighted by molar-refractivity contribution is 0.313. The number of hydrogen-bond acceptors (Lipinski definition) is 2. The minimum absolute atomic E-state index is 0.270. The van der Waals surface area contributed by atoms with Gasteiger partial charge in [-0.25, -0.2) is 0 Å². The van der Waals surface area contributed by atoms with E-state index in [2.05, 4.69) is 18.0 Å². The third kappa shape index (κ3) is 5.17. The Morgan fingerprint density at radius 2 is 2.20 bits per heavy atom. The van der Waals surface area contributed by atoms with Crippen LogP contribution in [0.4, 0.5) is 0 Å². The predicted molar refractivity (Wildman–Crippen MR) is 66.1 cm³/mol. The zero-order valence-electron chi connectivity index (χ0n) is 9.41.